The fraction of sp³-hybridized carbons (Fsp3) is 0.214. The van der Waals surface area contributed by atoms with E-state index in [-0.39, 0.29) is 11.6 Å². The number of carbonyl (C=O) groups is 2. The summed E-state index contributed by atoms with van der Waals surface area (Å²) in [5, 5.41) is 0. The molecule has 0 amide bonds. The van der Waals surface area contributed by atoms with Crippen LogP contribution in [0.25, 0.3) is 5.57 Å². The third-order valence-corrected chi connectivity index (χ3v) is 2.74. The zero-order chi connectivity index (χ0) is 12.3. The van der Waals surface area contributed by atoms with Crippen molar-refractivity contribution in [3.63, 3.8) is 0 Å². The molecular weight excluding hydrogens is 214 g/mol. The maximum atomic E-state index is 11.6. The van der Waals surface area contributed by atoms with Gasteiger partial charge in [-0.05, 0) is 29.3 Å². The van der Waals surface area contributed by atoms with Crippen molar-refractivity contribution in [1.82, 2.24) is 4.98 Å². The van der Waals surface area contributed by atoms with Crippen molar-refractivity contribution in [3.05, 3.63) is 47.8 Å². The molecular formula is C14H13NO2. The fourth-order valence-electron chi connectivity index (χ4n) is 1.78. The van der Waals surface area contributed by atoms with Crippen LogP contribution in [0, 0.1) is 0 Å². The van der Waals surface area contributed by atoms with Crippen molar-refractivity contribution < 1.29 is 9.59 Å². The number of hydrogen-bond acceptors (Lipinski definition) is 3. The molecule has 0 atom stereocenters. The fourth-order valence-corrected chi connectivity index (χ4v) is 1.78. The lowest BCUT2D eigenvalue weighted by Gasteiger charge is -2.11. The van der Waals surface area contributed by atoms with Crippen LogP contribution >= 0.6 is 0 Å². The molecule has 0 spiro atoms. The van der Waals surface area contributed by atoms with Crippen molar-refractivity contribution in [2.24, 2.45) is 0 Å². The lowest BCUT2D eigenvalue weighted by Crippen LogP contribution is -2.14. The predicted molar refractivity (Wildman–Crippen MR) is 65.2 cm³/mol. The Morgan fingerprint density at radius 1 is 1.35 bits per heavy atom. The number of rotatable bonds is 3. The highest BCUT2D eigenvalue weighted by Gasteiger charge is 2.19. The number of hydrogen-bond donors (Lipinski definition) is 0. The number of Topliss-reactive ketones (excluding diaryl/α,β-unsaturated/α-hetero) is 2. The van der Waals surface area contributed by atoms with Crippen LogP contribution in [0.3, 0.4) is 0 Å². The molecule has 3 heteroatoms. The molecule has 17 heavy (non-hydrogen) atoms. The van der Waals surface area contributed by atoms with Gasteiger partial charge in [-0.3, -0.25) is 14.6 Å². The topological polar surface area (TPSA) is 47.0 Å². The summed E-state index contributed by atoms with van der Waals surface area (Å²) in [6.45, 7) is 1.76. The summed E-state index contributed by atoms with van der Waals surface area (Å²) < 4.78 is 0. The van der Waals surface area contributed by atoms with E-state index in [1.54, 1.807) is 25.4 Å². The smallest absolute Gasteiger partial charge is 0.170 e. The van der Waals surface area contributed by atoms with E-state index in [1.165, 1.54) is 0 Å². The Morgan fingerprint density at radius 3 is 2.71 bits per heavy atom. The molecule has 0 radical (unpaired) electrons. The molecule has 1 aromatic heterocycles. The summed E-state index contributed by atoms with van der Waals surface area (Å²) in [4.78, 5) is 27.2. The van der Waals surface area contributed by atoms with Crippen LogP contribution in [0.4, 0.5) is 0 Å². The van der Waals surface area contributed by atoms with Gasteiger partial charge in [0.2, 0.25) is 0 Å². The Morgan fingerprint density at radius 2 is 2.06 bits per heavy atom. The Hall–Kier alpha value is -2.03. The average Bonchev–Trinajstić information content (AvgIpc) is 2.39. The van der Waals surface area contributed by atoms with Gasteiger partial charge in [0.1, 0.15) is 0 Å². The average molecular weight is 227 g/mol. The largest absolute Gasteiger partial charge is 0.294 e. The van der Waals surface area contributed by atoms with Crippen molar-refractivity contribution in [2.45, 2.75) is 19.8 Å². The third kappa shape index (κ3) is 2.38. The number of ketones is 2. The van der Waals surface area contributed by atoms with E-state index < -0.39 is 0 Å². The molecule has 0 fully saturated rings. The van der Waals surface area contributed by atoms with Gasteiger partial charge in [-0.1, -0.05) is 13.0 Å². The molecule has 1 heterocycles. The second-order valence-electron chi connectivity index (χ2n) is 3.86. The van der Waals surface area contributed by atoms with Crippen LogP contribution in [0.5, 0.6) is 0 Å². The Balaban J connectivity index is 2.36. The Bertz CT molecular complexity index is 512. The minimum absolute atomic E-state index is 0.0883. The predicted octanol–water partition coefficient (Wildman–Crippen LogP) is 2.34. The first-order valence-electron chi connectivity index (χ1n) is 5.61. The van der Waals surface area contributed by atoms with Gasteiger partial charge in [0.15, 0.2) is 11.6 Å². The summed E-state index contributed by atoms with van der Waals surface area (Å²) in [7, 11) is 0. The molecule has 0 unspecified atom stereocenters. The quantitative estimate of drug-likeness (QED) is 0.744. The SMILES string of the molecule is CCC(=O)C1=CC(c2ccncc2)=CCC1=O. The van der Waals surface area contributed by atoms with Crippen LogP contribution in [0.15, 0.2) is 42.3 Å². The number of nitrogens with zero attached hydrogens (tertiary/aromatic N) is 1. The summed E-state index contributed by atoms with van der Waals surface area (Å²) in [6.07, 6.45) is 7.59. The molecule has 86 valence electrons. The van der Waals surface area contributed by atoms with Crippen molar-refractivity contribution in [3.8, 4) is 0 Å². The van der Waals surface area contributed by atoms with Gasteiger partial charge in [-0.25, -0.2) is 0 Å². The highest BCUT2D eigenvalue weighted by Crippen LogP contribution is 2.23. The second kappa shape index (κ2) is 4.87. The maximum absolute atomic E-state index is 11.6. The van der Waals surface area contributed by atoms with E-state index >= 15 is 0 Å². The Labute approximate surface area is 99.9 Å². The molecule has 0 bridgehead atoms. The highest BCUT2D eigenvalue weighted by molar-refractivity contribution is 6.23. The third-order valence-electron chi connectivity index (χ3n) is 2.74. The number of pyridine rings is 1. The molecule has 1 aromatic rings. The molecule has 0 saturated carbocycles. The minimum atomic E-state index is -0.0883. The van der Waals surface area contributed by atoms with E-state index in [2.05, 4.69) is 4.98 Å². The standard InChI is InChI=1S/C14H13NO2/c1-2-13(16)12-9-11(3-4-14(12)17)10-5-7-15-8-6-10/h3,5-9H,2,4H2,1H3. The lowest BCUT2D eigenvalue weighted by molar-refractivity contribution is -0.120. The van der Waals surface area contributed by atoms with Crippen molar-refractivity contribution in [1.29, 1.82) is 0 Å². The first-order chi connectivity index (χ1) is 8.22. The molecule has 1 aliphatic carbocycles. The number of allylic oxidation sites excluding steroid dienone is 4. The Kier molecular flexibility index (Phi) is 3.28. The van der Waals surface area contributed by atoms with Gasteiger partial charge in [-0.2, -0.15) is 0 Å². The minimum Gasteiger partial charge on any atom is -0.294 e. The van der Waals surface area contributed by atoms with Crippen LogP contribution in [0.2, 0.25) is 0 Å². The first kappa shape index (κ1) is 11.5. The summed E-state index contributed by atoms with van der Waals surface area (Å²) >= 11 is 0. The molecule has 0 aliphatic heterocycles. The summed E-state index contributed by atoms with van der Waals surface area (Å²) in [5.41, 5.74) is 2.22. The molecule has 2 rings (SSSR count). The van der Waals surface area contributed by atoms with Gasteiger partial charge >= 0.3 is 0 Å². The zero-order valence-corrected chi connectivity index (χ0v) is 9.64. The summed E-state index contributed by atoms with van der Waals surface area (Å²) in [6, 6.07) is 3.73. The molecule has 0 aromatic carbocycles. The van der Waals surface area contributed by atoms with Gasteiger partial charge in [0.25, 0.3) is 0 Å². The van der Waals surface area contributed by atoms with E-state index in [1.807, 2.05) is 18.2 Å². The van der Waals surface area contributed by atoms with Gasteiger partial charge in [-0.15, -0.1) is 0 Å². The van der Waals surface area contributed by atoms with Crippen LogP contribution in [-0.4, -0.2) is 16.6 Å². The summed E-state index contributed by atoms with van der Waals surface area (Å²) in [5.74, 6) is -0.177. The maximum Gasteiger partial charge on any atom is 0.170 e. The monoisotopic (exact) mass is 227 g/mol. The van der Waals surface area contributed by atoms with Crippen molar-refractivity contribution in [2.75, 3.05) is 0 Å². The normalized spacial score (nSPS) is 15.2. The van der Waals surface area contributed by atoms with Gasteiger partial charge in [0.05, 0.1) is 5.57 Å². The first-order valence-corrected chi connectivity index (χ1v) is 5.61. The lowest BCUT2D eigenvalue weighted by atomic mass is 9.91. The van der Waals surface area contributed by atoms with Gasteiger partial charge < -0.3 is 0 Å². The molecule has 3 nitrogen and oxygen atoms in total. The van der Waals surface area contributed by atoms with Crippen LogP contribution in [-0.2, 0) is 9.59 Å². The number of carbonyl (C=O) groups excluding carboxylic acids is 2. The van der Waals surface area contributed by atoms with Crippen LogP contribution in [0.1, 0.15) is 25.3 Å². The molecule has 1 aliphatic rings. The van der Waals surface area contributed by atoms with E-state index in [0.717, 1.165) is 11.1 Å². The number of aromatic nitrogens is 1. The van der Waals surface area contributed by atoms with E-state index in [9.17, 15) is 9.59 Å². The van der Waals surface area contributed by atoms with E-state index in [4.69, 9.17) is 0 Å². The second-order valence-corrected chi connectivity index (χ2v) is 3.86. The zero-order valence-electron chi connectivity index (χ0n) is 9.64. The molecule has 0 N–H and O–H groups in total. The van der Waals surface area contributed by atoms with Crippen molar-refractivity contribution >= 4 is 17.1 Å². The van der Waals surface area contributed by atoms with E-state index in [0.29, 0.717) is 18.4 Å². The van der Waals surface area contributed by atoms with Crippen LogP contribution < -0.4 is 0 Å². The molecule has 0 saturated heterocycles. The van der Waals surface area contributed by atoms with Gasteiger partial charge in [0, 0.05) is 25.2 Å². The highest BCUT2D eigenvalue weighted by atomic mass is 16.1.